The summed E-state index contributed by atoms with van der Waals surface area (Å²) >= 11 is 3.55. The lowest BCUT2D eigenvalue weighted by atomic mass is 10.1. The zero-order chi connectivity index (χ0) is 13.0. The molecule has 3 nitrogen and oxygen atoms in total. The molecule has 0 aromatic heterocycles. The van der Waals surface area contributed by atoms with Crippen molar-refractivity contribution in [2.24, 2.45) is 0 Å². The largest absolute Gasteiger partial charge is 0.375 e. The number of nitrogens with zero attached hydrogens (tertiary/aromatic N) is 1. The standard InChI is InChI=1S/C14H21BrN2O/c1-3-16-9-12-8-13(15)4-5-14(12)17-6-7-18-11(2)10-17/h4-5,8,11,16H,3,6-7,9-10H2,1-2H3. The second-order valence-electron chi connectivity index (χ2n) is 4.68. The fourth-order valence-corrected chi connectivity index (χ4v) is 2.71. The second kappa shape index (κ2) is 6.55. The lowest BCUT2D eigenvalue weighted by molar-refractivity contribution is 0.0531. The Labute approximate surface area is 118 Å². The molecule has 0 amide bonds. The Bertz CT molecular complexity index is 397. The summed E-state index contributed by atoms with van der Waals surface area (Å²) in [7, 11) is 0. The van der Waals surface area contributed by atoms with E-state index in [4.69, 9.17) is 4.74 Å². The molecule has 1 saturated heterocycles. The van der Waals surface area contributed by atoms with Crippen LogP contribution in [0.5, 0.6) is 0 Å². The van der Waals surface area contributed by atoms with Crippen LogP contribution >= 0.6 is 15.9 Å². The normalized spacial score (nSPS) is 20.2. The number of anilines is 1. The van der Waals surface area contributed by atoms with Crippen LogP contribution in [0.2, 0.25) is 0 Å². The van der Waals surface area contributed by atoms with Crippen LogP contribution in [0.4, 0.5) is 5.69 Å². The number of morpholine rings is 1. The summed E-state index contributed by atoms with van der Waals surface area (Å²) in [6.45, 7) is 8.94. The smallest absolute Gasteiger partial charge is 0.0722 e. The zero-order valence-corrected chi connectivity index (χ0v) is 12.7. The number of hydrogen-bond acceptors (Lipinski definition) is 3. The van der Waals surface area contributed by atoms with Gasteiger partial charge in [0.15, 0.2) is 0 Å². The number of nitrogens with one attached hydrogen (secondary N) is 1. The van der Waals surface area contributed by atoms with E-state index in [1.165, 1.54) is 11.3 Å². The van der Waals surface area contributed by atoms with Crippen molar-refractivity contribution in [3.63, 3.8) is 0 Å². The van der Waals surface area contributed by atoms with Crippen LogP contribution in [0.15, 0.2) is 22.7 Å². The topological polar surface area (TPSA) is 24.5 Å². The van der Waals surface area contributed by atoms with E-state index in [9.17, 15) is 0 Å². The van der Waals surface area contributed by atoms with Gasteiger partial charge in [0, 0.05) is 29.8 Å². The SMILES string of the molecule is CCNCc1cc(Br)ccc1N1CCOC(C)C1. The first-order chi connectivity index (χ1) is 8.70. The predicted octanol–water partition coefficient (Wildman–Crippen LogP) is 2.78. The van der Waals surface area contributed by atoms with E-state index in [1.807, 2.05) is 0 Å². The molecule has 0 bridgehead atoms. The summed E-state index contributed by atoms with van der Waals surface area (Å²) in [5.74, 6) is 0. The quantitative estimate of drug-likeness (QED) is 0.925. The Kier molecular flexibility index (Phi) is 5.03. The molecule has 4 heteroatoms. The fourth-order valence-electron chi connectivity index (χ4n) is 2.30. The average Bonchev–Trinajstić information content (AvgIpc) is 2.36. The van der Waals surface area contributed by atoms with Crippen molar-refractivity contribution in [2.75, 3.05) is 31.1 Å². The van der Waals surface area contributed by atoms with Gasteiger partial charge in [0.05, 0.1) is 12.7 Å². The Morgan fingerprint density at radius 2 is 2.33 bits per heavy atom. The van der Waals surface area contributed by atoms with E-state index in [2.05, 4.69) is 58.2 Å². The van der Waals surface area contributed by atoms with E-state index in [-0.39, 0.29) is 0 Å². The molecule has 1 aromatic rings. The molecule has 1 unspecified atom stereocenters. The van der Waals surface area contributed by atoms with Crippen LogP contribution < -0.4 is 10.2 Å². The summed E-state index contributed by atoms with van der Waals surface area (Å²) in [4.78, 5) is 2.42. The summed E-state index contributed by atoms with van der Waals surface area (Å²) in [5, 5.41) is 3.40. The van der Waals surface area contributed by atoms with Crippen molar-refractivity contribution >= 4 is 21.6 Å². The maximum atomic E-state index is 5.61. The summed E-state index contributed by atoms with van der Waals surface area (Å²) in [5.41, 5.74) is 2.68. The first-order valence-corrected chi connectivity index (χ1v) is 7.35. The maximum absolute atomic E-state index is 5.61. The molecule has 2 rings (SSSR count). The van der Waals surface area contributed by atoms with Crippen molar-refractivity contribution in [1.29, 1.82) is 0 Å². The van der Waals surface area contributed by atoms with Crippen LogP contribution in [0.3, 0.4) is 0 Å². The molecule has 18 heavy (non-hydrogen) atoms. The molecule has 0 aliphatic carbocycles. The molecule has 1 aliphatic rings. The minimum Gasteiger partial charge on any atom is -0.375 e. The number of ether oxygens (including phenoxy) is 1. The highest BCUT2D eigenvalue weighted by molar-refractivity contribution is 9.10. The van der Waals surface area contributed by atoms with Crippen LogP contribution in [-0.4, -0.2) is 32.3 Å². The second-order valence-corrected chi connectivity index (χ2v) is 5.60. The van der Waals surface area contributed by atoms with Crippen molar-refractivity contribution in [2.45, 2.75) is 26.5 Å². The highest BCUT2D eigenvalue weighted by Crippen LogP contribution is 2.26. The Hall–Kier alpha value is -0.580. The fraction of sp³-hybridized carbons (Fsp3) is 0.571. The van der Waals surface area contributed by atoms with Gasteiger partial charge in [-0.25, -0.2) is 0 Å². The van der Waals surface area contributed by atoms with E-state index in [1.54, 1.807) is 0 Å². The number of halogens is 1. The van der Waals surface area contributed by atoms with E-state index in [0.717, 1.165) is 37.3 Å². The Morgan fingerprint density at radius 3 is 3.06 bits per heavy atom. The molecule has 100 valence electrons. The Balaban J connectivity index is 2.19. The molecular formula is C14H21BrN2O. The summed E-state index contributed by atoms with van der Waals surface area (Å²) in [6, 6.07) is 6.53. The van der Waals surface area contributed by atoms with E-state index < -0.39 is 0 Å². The first kappa shape index (κ1) is 13.8. The van der Waals surface area contributed by atoms with Crippen LogP contribution in [0.1, 0.15) is 19.4 Å². The van der Waals surface area contributed by atoms with E-state index in [0.29, 0.717) is 6.10 Å². The average molecular weight is 313 g/mol. The van der Waals surface area contributed by atoms with Gasteiger partial charge >= 0.3 is 0 Å². The molecule has 1 fully saturated rings. The highest BCUT2D eigenvalue weighted by atomic mass is 79.9. The third-order valence-corrected chi connectivity index (χ3v) is 3.68. The molecule has 0 spiro atoms. The molecule has 1 heterocycles. The monoisotopic (exact) mass is 312 g/mol. The van der Waals surface area contributed by atoms with Gasteiger partial charge in [-0.15, -0.1) is 0 Å². The van der Waals surface area contributed by atoms with Gasteiger partial charge in [-0.3, -0.25) is 0 Å². The van der Waals surface area contributed by atoms with Crippen molar-refractivity contribution in [3.05, 3.63) is 28.2 Å². The van der Waals surface area contributed by atoms with Gasteiger partial charge in [-0.1, -0.05) is 22.9 Å². The molecular weight excluding hydrogens is 292 g/mol. The Morgan fingerprint density at radius 1 is 1.50 bits per heavy atom. The molecule has 1 aromatic carbocycles. The van der Waals surface area contributed by atoms with Crippen molar-refractivity contribution in [1.82, 2.24) is 5.32 Å². The van der Waals surface area contributed by atoms with Gasteiger partial charge in [0.2, 0.25) is 0 Å². The lowest BCUT2D eigenvalue weighted by Gasteiger charge is -2.34. The molecule has 1 atom stereocenters. The van der Waals surface area contributed by atoms with Crippen LogP contribution in [-0.2, 0) is 11.3 Å². The van der Waals surface area contributed by atoms with Crippen LogP contribution in [0.25, 0.3) is 0 Å². The molecule has 1 aliphatic heterocycles. The molecule has 1 N–H and O–H groups in total. The minimum absolute atomic E-state index is 0.314. The maximum Gasteiger partial charge on any atom is 0.0722 e. The molecule has 0 radical (unpaired) electrons. The van der Waals surface area contributed by atoms with Gasteiger partial charge in [0.1, 0.15) is 0 Å². The zero-order valence-electron chi connectivity index (χ0n) is 11.1. The van der Waals surface area contributed by atoms with Gasteiger partial charge in [-0.2, -0.15) is 0 Å². The van der Waals surface area contributed by atoms with Crippen molar-refractivity contribution < 1.29 is 4.74 Å². The number of hydrogen-bond donors (Lipinski definition) is 1. The lowest BCUT2D eigenvalue weighted by Crippen LogP contribution is -2.41. The predicted molar refractivity (Wildman–Crippen MR) is 79.1 cm³/mol. The van der Waals surface area contributed by atoms with Gasteiger partial charge in [-0.05, 0) is 37.2 Å². The first-order valence-electron chi connectivity index (χ1n) is 6.56. The number of benzene rings is 1. The van der Waals surface area contributed by atoms with Gasteiger partial charge in [0.25, 0.3) is 0 Å². The van der Waals surface area contributed by atoms with E-state index >= 15 is 0 Å². The van der Waals surface area contributed by atoms with Gasteiger partial charge < -0.3 is 15.0 Å². The van der Waals surface area contributed by atoms with Crippen LogP contribution in [0, 0.1) is 0 Å². The van der Waals surface area contributed by atoms with Crippen molar-refractivity contribution in [3.8, 4) is 0 Å². The third-order valence-electron chi connectivity index (χ3n) is 3.19. The summed E-state index contributed by atoms with van der Waals surface area (Å²) in [6.07, 6.45) is 0.314. The summed E-state index contributed by atoms with van der Waals surface area (Å²) < 4.78 is 6.75. The molecule has 0 saturated carbocycles. The highest BCUT2D eigenvalue weighted by Gasteiger charge is 2.19. The number of rotatable bonds is 4. The third kappa shape index (κ3) is 3.46. The minimum atomic E-state index is 0.314.